The fraction of sp³-hybridized carbons (Fsp3) is 0.200. The van der Waals surface area contributed by atoms with Crippen LogP contribution in [0.1, 0.15) is 25.2 Å². The SMILES string of the molecule is CCC(O)c1ccc(-c2ccc3sccc3c2)o1. The maximum absolute atomic E-state index is 9.74. The molecule has 1 N–H and O–H groups in total. The molecule has 3 heteroatoms. The molecule has 0 aliphatic heterocycles. The number of hydrogen-bond donors (Lipinski definition) is 1. The van der Waals surface area contributed by atoms with Gasteiger partial charge in [-0.2, -0.15) is 0 Å². The molecule has 0 saturated carbocycles. The highest BCUT2D eigenvalue weighted by Crippen LogP contribution is 2.30. The summed E-state index contributed by atoms with van der Waals surface area (Å²) in [7, 11) is 0. The zero-order valence-electron chi connectivity index (χ0n) is 10.1. The summed E-state index contributed by atoms with van der Waals surface area (Å²) in [6, 6.07) is 12.2. The molecular formula is C15H14O2S. The second-order valence-corrected chi connectivity index (χ2v) is 5.25. The first kappa shape index (κ1) is 11.5. The van der Waals surface area contributed by atoms with Gasteiger partial charge in [0.05, 0.1) is 0 Å². The third-order valence-electron chi connectivity index (χ3n) is 3.08. The highest BCUT2D eigenvalue weighted by molar-refractivity contribution is 7.17. The molecule has 3 aromatic rings. The minimum absolute atomic E-state index is 0.511. The van der Waals surface area contributed by atoms with Crippen molar-refractivity contribution in [1.29, 1.82) is 0 Å². The maximum Gasteiger partial charge on any atom is 0.134 e. The summed E-state index contributed by atoms with van der Waals surface area (Å²) >= 11 is 1.73. The van der Waals surface area contributed by atoms with Gasteiger partial charge in [0.1, 0.15) is 17.6 Å². The van der Waals surface area contributed by atoms with Crippen molar-refractivity contribution >= 4 is 21.4 Å². The van der Waals surface area contributed by atoms with E-state index in [9.17, 15) is 5.11 Å². The molecule has 2 heterocycles. The van der Waals surface area contributed by atoms with Gasteiger partial charge in [-0.25, -0.2) is 0 Å². The minimum atomic E-state index is -0.511. The molecule has 0 aliphatic carbocycles. The third kappa shape index (κ3) is 1.96. The Morgan fingerprint density at radius 2 is 2.11 bits per heavy atom. The molecular weight excluding hydrogens is 244 g/mol. The van der Waals surface area contributed by atoms with E-state index in [1.54, 1.807) is 11.3 Å². The minimum Gasteiger partial charge on any atom is -0.458 e. The van der Waals surface area contributed by atoms with E-state index in [0.717, 1.165) is 11.3 Å². The van der Waals surface area contributed by atoms with E-state index in [1.165, 1.54) is 10.1 Å². The number of furan rings is 1. The number of fused-ring (bicyclic) bond motifs is 1. The van der Waals surface area contributed by atoms with Gasteiger partial charge in [-0.3, -0.25) is 0 Å². The van der Waals surface area contributed by atoms with Crippen LogP contribution in [0.3, 0.4) is 0 Å². The van der Waals surface area contributed by atoms with Gasteiger partial charge in [-0.15, -0.1) is 11.3 Å². The van der Waals surface area contributed by atoms with Crippen molar-refractivity contribution in [2.75, 3.05) is 0 Å². The molecule has 1 atom stereocenters. The molecule has 0 saturated heterocycles. The topological polar surface area (TPSA) is 33.4 Å². The number of hydrogen-bond acceptors (Lipinski definition) is 3. The van der Waals surface area contributed by atoms with Crippen molar-refractivity contribution in [2.45, 2.75) is 19.4 Å². The van der Waals surface area contributed by atoms with E-state index in [-0.39, 0.29) is 0 Å². The second kappa shape index (κ2) is 4.59. The predicted octanol–water partition coefficient (Wildman–Crippen LogP) is 4.60. The predicted molar refractivity (Wildman–Crippen MR) is 74.8 cm³/mol. The molecule has 0 amide bonds. The lowest BCUT2D eigenvalue weighted by molar-refractivity contribution is 0.147. The summed E-state index contributed by atoms with van der Waals surface area (Å²) in [5.74, 6) is 1.45. The Labute approximate surface area is 109 Å². The lowest BCUT2D eigenvalue weighted by atomic mass is 10.1. The highest BCUT2D eigenvalue weighted by Gasteiger charge is 2.11. The van der Waals surface area contributed by atoms with Gasteiger partial charge in [0.25, 0.3) is 0 Å². The van der Waals surface area contributed by atoms with E-state index in [4.69, 9.17) is 4.42 Å². The van der Waals surface area contributed by atoms with Crippen molar-refractivity contribution in [3.63, 3.8) is 0 Å². The van der Waals surface area contributed by atoms with E-state index in [0.29, 0.717) is 12.2 Å². The second-order valence-electron chi connectivity index (χ2n) is 4.30. The van der Waals surface area contributed by atoms with Crippen LogP contribution in [0.4, 0.5) is 0 Å². The highest BCUT2D eigenvalue weighted by atomic mass is 32.1. The molecule has 0 bridgehead atoms. The normalized spacial score (nSPS) is 13.0. The number of rotatable bonds is 3. The molecule has 0 fully saturated rings. The monoisotopic (exact) mass is 258 g/mol. The summed E-state index contributed by atoms with van der Waals surface area (Å²) in [4.78, 5) is 0. The van der Waals surface area contributed by atoms with Crippen LogP contribution in [-0.2, 0) is 0 Å². The van der Waals surface area contributed by atoms with Gasteiger partial charge in [0, 0.05) is 10.3 Å². The molecule has 3 rings (SSSR count). The largest absolute Gasteiger partial charge is 0.458 e. The number of aliphatic hydroxyl groups excluding tert-OH is 1. The first-order valence-electron chi connectivity index (χ1n) is 6.03. The molecule has 0 aliphatic rings. The Kier molecular flexibility index (Phi) is 2.94. The average molecular weight is 258 g/mol. The van der Waals surface area contributed by atoms with Gasteiger partial charge in [-0.05, 0) is 53.6 Å². The van der Waals surface area contributed by atoms with Crippen molar-refractivity contribution in [1.82, 2.24) is 0 Å². The summed E-state index contributed by atoms with van der Waals surface area (Å²) in [6.07, 6.45) is 0.153. The molecule has 0 spiro atoms. The van der Waals surface area contributed by atoms with Crippen LogP contribution >= 0.6 is 11.3 Å². The van der Waals surface area contributed by atoms with E-state index >= 15 is 0 Å². The molecule has 1 aromatic carbocycles. The first-order chi connectivity index (χ1) is 8.78. The van der Waals surface area contributed by atoms with Crippen LogP contribution in [0.2, 0.25) is 0 Å². The first-order valence-corrected chi connectivity index (χ1v) is 6.91. The van der Waals surface area contributed by atoms with Gasteiger partial charge >= 0.3 is 0 Å². The average Bonchev–Trinajstić information content (AvgIpc) is 3.05. The van der Waals surface area contributed by atoms with Crippen LogP contribution in [0.15, 0.2) is 46.2 Å². The Bertz CT molecular complexity index is 666. The zero-order chi connectivity index (χ0) is 12.5. The summed E-state index contributed by atoms with van der Waals surface area (Å²) < 4.78 is 6.98. The van der Waals surface area contributed by atoms with Gasteiger partial charge in [0.2, 0.25) is 0 Å². The number of aliphatic hydroxyl groups is 1. The van der Waals surface area contributed by atoms with Gasteiger partial charge < -0.3 is 9.52 Å². The van der Waals surface area contributed by atoms with Crippen LogP contribution in [0.25, 0.3) is 21.4 Å². The molecule has 2 aromatic heterocycles. The molecule has 2 nitrogen and oxygen atoms in total. The smallest absolute Gasteiger partial charge is 0.134 e. The van der Waals surface area contributed by atoms with Crippen LogP contribution in [-0.4, -0.2) is 5.11 Å². The van der Waals surface area contributed by atoms with Gasteiger partial charge in [-0.1, -0.05) is 6.92 Å². The van der Waals surface area contributed by atoms with Crippen LogP contribution < -0.4 is 0 Å². The fourth-order valence-corrected chi connectivity index (χ4v) is 2.78. The van der Waals surface area contributed by atoms with Crippen LogP contribution in [0, 0.1) is 0 Å². The number of thiophene rings is 1. The van der Waals surface area contributed by atoms with Gasteiger partial charge in [0.15, 0.2) is 0 Å². The Morgan fingerprint density at radius 1 is 1.22 bits per heavy atom. The maximum atomic E-state index is 9.74. The number of benzene rings is 1. The molecule has 18 heavy (non-hydrogen) atoms. The Morgan fingerprint density at radius 3 is 2.94 bits per heavy atom. The lowest BCUT2D eigenvalue weighted by Crippen LogP contribution is -1.91. The lowest BCUT2D eigenvalue weighted by Gasteiger charge is -2.03. The van der Waals surface area contributed by atoms with Crippen molar-refractivity contribution in [3.8, 4) is 11.3 Å². The Hall–Kier alpha value is -1.58. The molecule has 1 unspecified atom stereocenters. The van der Waals surface area contributed by atoms with Crippen molar-refractivity contribution in [2.24, 2.45) is 0 Å². The van der Waals surface area contributed by atoms with E-state index < -0.39 is 6.10 Å². The quantitative estimate of drug-likeness (QED) is 0.744. The Balaban J connectivity index is 2.00. The van der Waals surface area contributed by atoms with E-state index in [2.05, 4.69) is 29.6 Å². The fourth-order valence-electron chi connectivity index (χ4n) is 2.01. The summed E-state index contributed by atoms with van der Waals surface area (Å²) in [6.45, 7) is 1.93. The zero-order valence-corrected chi connectivity index (χ0v) is 10.9. The summed E-state index contributed by atoms with van der Waals surface area (Å²) in [5, 5.41) is 13.1. The third-order valence-corrected chi connectivity index (χ3v) is 3.98. The van der Waals surface area contributed by atoms with Crippen LogP contribution in [0.5, 0.6) is 0 Å². The standard InChI is InChI=1S/C15H14O2S/c1-2-12(16)14-5-4-13(17-14)10-3-6-15-11(9-10)7-8-18-15/h3-9,12,16H,2H2,1H3. The molecule has 92 valence electrons. The molecule has 0 radical (unpaired) electrons. The summed E-state index contributed by atoms with van der Waals surface area (Å²) in [5.41, 5.74) is 1.05. The van der Waals surface area contributed by atoms with Crippen molar-refractivity contribution in [3.05, 3.63) is 47.5 Å². The van der Waals surface area contributed by atoms with Crippen molar-refractivity contribution < 1.29 is 9.52 Å². The van der Waals surface area contributed by atoms with E-state index in [1.807, 2.05) is 19.1 Å².